The summed E-state index contributed by atoms with van der Waals surface area (Å²) in [6.07, 6.45) is 0. The average Bonchev–Trinajstić information content (AvgIpc) is 2.25. The third kappa shape index (κ3) is 3.37. The van der Waals surface area contributed by atoms with Crippen LogP contribution in [0.4, 0.5) is 10.1 Å². The summed E-state index contributed by atoms with van der Waals surface area (Å²) in [5.41, 5.74) is -0.332. The van der Waals surface area contributed by atoms with Crippen molar-refractivity contribution in [2.45, 2.75) is 6.92 Å². The fourth-order valence-electron chi connectivity index (χ4n) is 1.13. The molecule has 0 aromatic heterocycles. The number of hydrogen-bond donors (Lipinski definition) is 0. The highest BCUT2D eigenvalue weighted by Gasteiger charge is 2.18. The molecule has 0 unspecified atom stereocenters. The van der Waals surface area contributed by atoms with Gasteiger partial charge in [0.05, 0.1) is 11.5 Å². The number of para-hydroxylation sites is 1. The molecule has 0 bridgehead atoms. The maximum atomic E-state index is 13.3. The van der Waals surface area contributed by atoms with Crippen LogP contribution in [0.5, 0.6) is 5.75 Å². The number of thioether (sulfide) groups is 1. The Morgan fingerprint density at radius 2 is 2.31 bits per heavy atom. The van der Waals surface area contributed by atoms with Crippen molar-refractivity contribution in [3.05, 3.63) is 34.1 Å². The van der Waals surface area contributed by atoms with Gasteiger partial charge in [0.2, 0.25) is 5.75 Å². The molecule has 0 saturated carbocycles. The molecule has 6 heteroatoms. The lowest BCUT2D eigenvalue weighted by Crippen LogP contribution is -2.04. The Morgan fingerprint density at radius 1 is 1.56 bits per heavy atom. The molecule has 0 radical (unpaired) electrons. The lowest BCUT2D eigenvalue weighted by molar-refractivity contribution is -0.386. The molecule has 0 aliphatic heterocycles. The Kier molecular flexibility index (Phi) is 5.04. The molecule has 0 spiro atoms. The van der Waals surface area contributed by atoms with Gasteiger partial charge in [-0.25, -0.2) is 4.39 Å². The van der Waals surface area contributed by atoms with Crippen LogP contribution in [0.15, 0.2) is 18.2 Å². The topological polar surface area (TPSA) is 52.4 Å². The van der Waals surface area contributed by atoms with Gasteiger partial charge in [-0.05, 0) is 11.8 Å². The number of nitro benzene ring substituents is 1. The van der Waals surface area contributed by atoms with Crippen LogP contribution in [0.25, 0.3) is 0 Å². The molecular formula is C10H12FNO3S. The summed E-state index contributed by atoms with van der Waals surface area (Å²) < 4.78 is 18.4. The van der Waals surface area contributed by atoms with Crippen molar-refractivity contribution < 1.29 is 14.1 Å². The Morgan fingerprint density at radius 3 is 2.94 bits per heavy atom. The highest BCUT2D eigenvalue weighted by Crippen LogP contribution is 2.29. The van der Waals surface area contributed by atoms with Gasteiger partial charge in [-0.3, -0.25) is 10.1 Å². The van der Waals surface area contributed by atoms with E-state index in [1.165, 1.54) is 12.1 Å². The summed E-state index contributed by atoms with van der Waals surface area (Å²) in [7, 11) is 0. The van der Waals surface area contributed by atoms with Gasteiger partial charge in [-0.15, -0.1) is 0 Å². The molecule has 4 nitrogen and oxygen atoms in total. The van der Waals surface area contributed by atoms with E-state index in [4.69, 9.17) is 4.74 Å². The van der Waals surface area contributed by atoms with Crippen LogP contribution in [0.3, 0.4) is 0 Å². The summed E-state index contributed by atoms with van der Waals surface area (Å²) in [6.45, 7) is 2.26. The second kappa shape index (κ2) is 6.32. The van der Waals surface area contributed by atoms with Gasteiger partial charge in [0.1, 0.15) is 0 Å². The zero-order chi connectivity index (χ0) is 12.0. The van der Waals surface area contributed by atoms with Crippen molar-refractivity contribution in [2.75, 3.05) is 18.1 Å². The molecule has 0 saturated heterocycles. The van der Waals surface area contributed by atoms with Crippen molar-refractivity contribution in [1.29, 1.82) is 0 Å². The fraction of sp³-hybridized carbons (Fsp3) is 0.400. The number of nitrogens with zero attached hydrogens (tertiary/aromatic N) is 1. The van der Waals surface area contributed by atoms with Crippen LogP contribution < -0.4 is 4.74 Å². The van der Waals surface area contributed by atoms with E-state index < -0.39 is 10.7 Å². The molecule has 0 fully saturated rings. The van der Waals surface area contributed by atoms with Gasteiger partial charge >= 0.3 is 5.69 Å². The zero-order valence-corrected chi connectivity index (χ0v) is 9.63. The standard InChI is InChI=1S/C10H12FNO3S/c1-2-16-7-6-15-10-8(11)4-3-5-9(10)12(13)14/h3-5H,2,6-7H2,1H3. The minimum Gasteiger partial charge on any atom is -0.484 e. The van der Waals surface area contributed by atoms with Crippen LogP contribution in [0.2, 0.25) is 0 Å². The van der Waals surface area contributed by atoms with Crippen molar-refractivity contribution in [3.8, 4) is 5.75 Å². The quantitative estimate of drug-likeness (QED) is 0.439. The zero-order valence-electron chi connectivity index (χ0n) is 8.81. The Balaban J connectivity index is 2.73. The van der Waals surface area contributed by atoms with E-state index in [9.17, 15) is 14.5 Å². The first-order chi connectivity index (χ1) is 7.66. The van der Waals surface area contributed by atoms with Gasteiger partial charge in [0.15, 0.2) is 5.82 Å². The third-order valence-corrected chi connectivity index (χ3v) is 2.68. The summed E-state index contributed by atoms with van der Waals surface area (Å²) in [5.74, 6) is 0.643. The van der Waals surface area contributed by atoms with E-state index in [1.54, 1.807) is 11.8 Å². The second-order valence-electron chi connectivity index (χ2n) is 2.89. The first kappa shape index (κ1) is 12.8. The highest BCUT2D eigenvalue weighted by atomic mass is 32.2. The molecule has 16 heavy (non-hydrogen) atoms. The Bertz CT molecular complexity index is 373. The first-order valence-electron chi connectivity index (χ1n) is 4.80. The van der Waals surface area contributed by atoms with Crippen LogP contribution in [0.1, 0.15) is 6.92 Å². The largest absolute Gasteiger partial charge is 0.484 e. The summed E-state index contributed by atoms with van der Waals surface area (Å²) in [4.78, 5) is 9.97. The van der Waals surface area contributed by atoms with Crippen molar-refractivity contribution in [3.63, 3.8) is 0 Å². The molecule has 0 atom stereocenters. The van der Waals surface area contributed by atoms with E-state index in [-0.39, 0.29) is 18.0 Å². The van der Waals surface area contributed by atoms with E-state index in [0.29, 0.717) is 5.75 Å². The number of benzene rings is 1. The van der Waals surface area contributed by atoms with Gasteiger partial charge in [0, 0.05) is 11.8 Å². The van der Waals surface area contributed by atoms with Crippen LogP contribution in [-0.4, -0.2) is 23.0 Å². The fourth-order valence-corrected chi connectivity index (χ4v) is 1.62. The van der Waals surface area contributed by atoms with E-state index in [2.05, 4.69) is 0 Å². The summed E-state index contributed by atoms with van der Waals surface area (Å²) in [5, 5.41) is 10.6. The minimum absolute atomic E-state index is 0.264. The second-order valence-corrected chi connectivity index (χ2v) is 4.28. The van der Waals surface area contributed by atoms with Gasteiger partial charge < -0.3 is 4.74 Å². The Hall–Kier alpha value is -1.30. The maximum Gasteiger partial charge on any atom is 0.314 e. The van der Waals surface area contributed by atoms with Crippen LogP contribution >= 0.6 is 11.8 Å². The molecule has 88 valence electrons. The van der Waals surface area contributed by atoms with E-state index >= 15 is 0 Å². The molecule has 0 N–H and O–H groups in total. The van der Waals surface area contributed by atoms with Crippen LogP contribution in [-0.2, 0) is 0 Å². The monoisotopic (exact) mass is 245 g/mol. The normalized spacial score (nSPS) is 10.1. The molecule has 0 amide bonds. The minimum atomic E-state index is -0.698. The number of rotatable bonds is 6. The predicted molar refractivity (Wildman–Crippen MR) is 61.5 cm³/mol. The lowest BCUT2D eigenvalue weighted by atomic mass is 10.3. The lowest BCUT2D eigenvalue weighted by Gasteiger charge is -2.06. The maximum absolute atomic E-state index is 13.3. The number of halogens is 1. The highest BCUT2D eigenvalue weighted by molar-refractivity contribution is 7.99. The van der Waals surface area contributed by atoms with Crippen molar-refractivity contribution in [1.82, 2.24) is 0 Å². The first-order valence-corrected chi connectivity index (χ1v) is 5.95. The smallest absolute Gasteiger partial charge is 0.314 e. The average molecular weight is 245 g/mol. The van der Waals surface area contributed by atoms with Crippen LogP contribution in [0, 0.1) is 15.9 Å². The SMILES string of the molecule is CCSCCOc1c(F)cccc1[N+](=O)[O-]. The molecule has 0 aliphatic rings. The summed E-state index contributed by atoms with van der Waals surface area (Å²) >= 11 is 1.63. The summed E-state index contributed by atoms with van der Waals surface area (Å²) in [6, 6.07) is 3.67. The molecular weight excluding hydrogens is 233 g/mol. The number of ether oxygens (including phenoxy) is 1. The molecule has 0 heterocycles. The number of nitro groups is 1. The third-order valence-electron chi connectivity index (χ3n) is 1.82. The van der Waals surface area contributed by atoms with Gasteiger partial charge in [-0.1, -0.05) is 13.0 Å². The van der Waals surface area contributed by atoms with E-state index in [1.807, 2.05) is 6.92 Å². The molecule has 1 rings (SSSR count). The van der Waals surface area contributed by atoms with Crippen molar-refractivity contribution in [2.24, 2.45) is 0 Å². The van der Waals surface area contributed by atoms with Crippen molar-refractivity contribution >= 4 is 17.4 Å². The van der Waals surface area contributed by atoms with Gasteiger partial charge in [-0.2, -0.15) is 11.8 Å². The number of hydrogen-bond acceptors (Lipinski definition) is 4. The molecule has 1 aromatic rings. The Labute approximate surface area is 96.9 Å². The predicted octanol–water partition coefficient (Wildman–Crippen LogP) is 2.87. The molecule has 1 aromatic carbocycles. The van der Waals surface area contributed by atoms with E-state index in [0.717, 1.165) is 11.8 Å². The molecule has 0 aliphatic carbocycles. The van der Waals surface area contributed by atoms with Gasteiger partial charge in [0.25, 0.3) is 0 Å².